The van der Waals surface area contributed by atoms with Crippen molar-refractivity contribution in [3.63, 3.8) is 0 Å². The minimum absolute atomic E-state index is 0.0314. The van der Waals surface area contributed by atoms with Crippen LogP contribution in [0.1, 0.15) is 35.2 Å². The van der Waals surface area contributed by atoms with E-state index in [9.17, 15) is 0 Å². The van der Waals surface area contributed by atoms with Crippen molar-refractivity contribution in [1.82, 2.24) is 25.0 Å². The van der Waals surface area contributed by atoms with Gasteiger partial charge in [0.25, 0.3) is 0 Å². The van der Waals surface area contributed by atoms with E-state index >= 15 is 0 Å². The number of benzene rings is 3. The molecule has 0 radical (unpaired) electrons. The molecule has 0 unspecified atom stereocenters. The van der Waals surface area contributed by atoms with Crippen molar-refractivity contribution in [3.8, 4) is 17.1 Å². The summed E-state index contributed by atoms with van der Waals surface area (Å²) in [6.45, 7) is 3.39. The fourth-order valence-corrected chi connectivity index (χ4v) is 6.00. The summed E-state index contributed by atoms with van der Waals surface area (Å²) in [6, 6.07) is 33.9. The molecule has 3 aromatic heterocycles. The van der Waals surface area contributed by atoms with Gasteiger partial charge in [-0.15, -0.1) is 0 Å². The lowest BCUT2D eigenvalue weighted by Crippen LogP contribution is -2.38. The van der Waals surface area contributed by atoms with Gasteiger partial charge in [0.2, 0.25) is 5.88 Å². The minimum atomic E-state index is -0.784. The number of aromatic nitrogens is 5. The molecule has 204 valence electrons. The Labute approximate surface area is 238 Å². The van der Waals surface area contributed by atoms with Crippen molar-refractivity contribution < 1.29 is 9.47 Å². The Morgan fingerprint density at radius 2 is 1.44 bits per heavy atom. The Kier molecular flexibility index (Phi) is 6.57. The van der Waals surface area contributed by atoms with E-state index in [0.29, 0.717) is 19.1 Å². The molecule has 0 aliphatic carbocycles. The molecule has 1 N–H and O–H groups in total. The molecule has 0 amide bonds. The third-order valence-corrected chi connectivity index (χ3v) is 7.87. The van der Waals surface area contributed by atoms with Gasteiger partial charge in [-0.2, -0.15) is 10.2 Å². The number of pyridine rings is 1. The van der Waals surface area contributed by atoms with Crippen LogP contribution in [-0.2, 0) is 10.3 Å². The zero-order valence-electron chi connectivity index (χ0n) is 22.9. The predicted octanol–water partition coefficient (Wildman–Crippen LogP) is 6.53. The molecule has 7 heteroatoms. The van der Waals surface area contributed by atoms with Gasteiger partial charge in [-0.3, -0.25) is 5.10 Å². The average molecular weight is 542 g/mol. The number of ether oxygens (including phenoxy) is 2. The molecule has 0 saturated carbocycles. The van der Waals surface area contributed by atoms with Crippen LogP contribution >= 0.6 is 0 Å². The first-order valence-electron chi connectivity index (χ1n) is 14.1. The van der Waals surface area contributed by atoms with Gasteiger partial charge < -0.3 is 9.47 Å². The fourth-order valence-electron chi connectivity index (χ4n) is 6.00. The highest BCUT2D eigenvalue weighted by Crippen LogP contribution is 2.45. The first-order chi connectivity index (χ1) is 20.2. The van der Waals surface area contributed by atoms with Crippen LogP contribution in [0.4, 0.5) is 0 Å². The number of nitrogens with zero attached hydrogens (tertiary/aromatic N) is 4. The summed E-state index contributed by atoms with van der Waals surface area (Å²) in [5.41, 5.74) is 5.96. The fraction of sp³-hybridized carbons (Fsp3) is 0.206. The second kappa shape index (κ2) is 10.7. The smallest absolute Gasteiger partial charge is 0.225 e. The number of hydrogen-bond donors (Lipinski definition) is 1. The molecule has 7 nitrogen and oxygen atoms in total. The zero-order chi connectivity index (χ0) is 27.6. The van der Waals surface area contributed by atoms with Crippen molar-refractivity contribution >= 4 is 10.9 Å². The molecule has 7 rings (SSSR count). The lowest BCUT2D eigenvalue weighted by atomic mass is 9.77. The number of hydrogen-bond acceptors (Lipinski definition) is 5. The van der Waals surface area contributed by atoms with E-state index in [4.69, 9.17) is 19.6 Å². The van der Waals surface area contributed by atoms with Gasteiger partial charge in [-0.25, -0.2) is 9.67 Å². The van der Waals surface area contributed by atoms with Gasteiger partial charge in [-0.1, -0.05) is 91.0 Å². The maximum absolute atomic E-state index is 6.66. The van der Waals surface area contributed by atoms with Gasteiger partial charge in [0.05, 0.1) is 30.3 Å². The summed E-state index contributed by atoms with van der Waals surface area (Å²) >= 11 is 0. The normalized spacial score (nSPS) is 14.4. The second-order valence-corrected chi connectivity index (χ2v) is 10.4. The highest BCUT2D eigenvalue weighted by molar-refractivity contribution is 5.97. The third-order valence-electron chi connectivity index (χ3n) is 7.87. The van der Waals surface area contributed by atoms with Crippen LogP contribution in [0, 0.1) is 6.92 Å². The molecule has 0 atom stereocenters. The molecule has 0 bridgehead atoms. The van der Waals surface area contributed by atoms with E-state index < -0.39 is 5.54 Å². The van der Waals surface area contributed by atoms with E-state index in [0.717, 1.165) is 57.4 Å². The monoisotopic (exact) mass is 541 g/mol. The first kappa shape index (κ1) is 25.2. The Morgan fingerprint density at radius 3 is 1.98 bits per heavy atom. The van der Waals surface area contributed by atoms with Crippen molar-refractivity contribution in [1.29, 1.82) is 0 Å². The minimum Gasteiger partial charge on any atom is -0.474 e. The van der Waals surface area contributed by atoms with E-state index in [1.807, 2.05) is 13.1 Å². The number of fused-ring (bicyclic) bond motifs is 1. The highest BCUT2D eigenvalue weighted by atomic mass is 16.5. The maximum Gasteiger partial charge on any atom is 0.225 e. The summed E-state index contributed by atoms with van der Waals surface area (Å²) in [5, 5.41) is 13.5. The van der Waals surface area contributed by atoms with E-state index in [1.54, 1.807) is 6.20 Å². The summed E-state index contributed by atoms with van der Waals surface area (Å²) in [4.78, 5) is 4.93. The predicted molar refractivity (Wildman–Crippen MR) is 159 cm³/mol. The van der Waals surface area contributed by atoms with Crippen LogP contribution in [-0.4, -0.2) is 44.3 Å². The van der Waals surface area contributed by atoms with Crippen LogP contribution in [0.25, 0.3) is 22.2 Å². The molecular weight excluding hydrogens is 510 g/mol. The summed E-state index contributed by atoms with van der Waals surface area (Å²) < 4.78 is 14.4. The van der Waals surface area contributed by atoms with Crippen LogP contribution < -0.4 is 4.74 Å². The molecule has 6 aromatic rings. The molecular formula is C34H31N5O2. The van der Waals surface area contributed by atoms with Gasteiger partial charge in [0.1, 0.15) is 17.3 Å². The first-order valence-corrected chi connectivity index (χ1v) is 14.1. The molecule has 4 heterocycles. The zero-order valence-corrected chi connectivity index (χ0v) is 22.9. The third kappa shape index (κ3) is 4.39. The quantitative estimate of drug-likeness (QED) is 0.233. The van der Waals surface area contributed by atoms with Crippen LogP contribution in [0.15, 0.2) is 109 Å². The Balaban J connectivity index is 1.60. The number of H-pyrrole nitrogens is 1. The van der Waals surface area contributed by atoms with Crippen molar-refractivity contribution in [2.75, 3.05) is 13.2 Å². The molecule has 1 saturated heterocycles. The van der Waals surface area contributed by atoms with Crippen LogP contribution in [0.2, 0.25) is 0 Å². The van der Waals surface area contributed by atoms with Gasteiger partial charge in [0, 0.05) is 30.3 Å². The standard InChI is InChI=1S/C34H31N5O2/c1-24-21-30-31(33(37-24)41-29-17-19-40-20-18-29)32(25-22-35-36-23-25)38-39(30)34(26-11-5-2-6-12-26,27-13-7-3-8-14-27)28-15-9-4-10-16-28/h2-16,21-23,29H,17-20H2,1H3,(H,35,36). The van der Waals surface area contributed by atoms with Gasteiger partial charge in [0.15, 0.2) is 0 Å². The highest BCUT2D eigenvalue weighted by Gasteiger charge is 2.41. The van der Waals surface area contributed by atoms with Gasteiger partial charge in [-0.05, 0) is 29.7 Å². The number of aromatic amines is 1. The molecule has 1 aliphatic heterocycles. The topological polar surface area (TPSA) is 77.8 Å². The van der Waals surface area contributed by atoms with E-state index in [1.165, 1.54) is 0 Å². The molecule has 1 fully saturated rings. The summed E-state index contributed by atoms with van der Waals surface area (Å²) in [5.74, 6) is 0.595. The average Bonchev–Trinajstić information content (AvgIpc) is 3.69. The van der Waals surface area contributed by atoms with Gasteiger partial charge >= 0.3 is 0 Å². The Hall–Kier alpha value is -4.75. The van der Waals surface area contributed by atoms with Crippen LogP contribution in [0.3, 0.4) is 0 Å². The SMILES string of the molecule is Cc1cc2c(c(OC3CCOCC3)n1)c(-c1cn[nH]c1)nn2C(c1ccccc1)(c1ccccc1)c1ccccc1. The largest absolute Gasteiger partial charge is 0.474 e. The lowest BCUT2D eigenvalue weighted by molar-refractivity contribution is 0.0244. The molecule has 0 spiro atoms. The van der Waals surface area contributed by atoms with E-state index in [-0.39, 0.29) is 6.10 Å². The summed E-state index contributed by atoms with van der Waals surface area (Å²) in [7, 11) is 0. The van der Waals surface area contributed by atoms with Crippen LogP contribution in [0.5, 0.6) is 5.88 Å². The molecule has 1 aliphatic rings. The molecule has 3 aromatic carbocycles. The summed E-state index contributed by atoms with van der Waals surface area (Å²) in [6.07, 6.45) is 5.37. The van der Waals surface area contributed by atoms with Crippen molar-refractivity contribution in [3.05, 3.63) is 132 Å². The maximum atomic E-state index is 6.66. The molecule has 41 heavy (non-hydrogen) atoms. The van der Waals surface area contributed by atoms with Crippen molar-refractivity contribution in [2.45, 2.75) is 31.4 Å². The van der Waals surface area contributed by atoms with Crippen molar-refractivity contribution in [2.24, 2.45) is 0 Å². The lowest BCUT2D eigenvalue weighted by Gasteiger charge is -2.37. The number of aryl methyl sites for hydroxylation is 1. The number of rotatable bonds is 7. The Bertz CT molecular complexity index is 1650. The Morgan fingerprint density at radius 1 is 0.854 bits per heavy atom. The second-order valence-electron chi connectivity index (χ2n) is 10.4. The number of nitrogens with one attached hydrogen (secondary N) is 1. The van der Waals surface area contributed by atoms with E-state index in [2.05, 4.69) is 112 Å².